The van der Waals surface area contributed by atoms with Gasteiger partial charge in [-0.2, -0.15) is 0 Å². The molecule has 4 nitrogen and oxygen atoms in total. The Morgan fingerprint density at radius 2 is 1.65 bits per heavy atom. The second kappa shape index (κ2) is 12.3. The van der Waals surface area contributed by atoms with Crippen LogP contribution in [0.5, 0.6) is 0 Å². The molecule has 0 rings (SSSR count). The van der Waals surface area contributed by atoms with E-state index in [4.69, 9.17) is 14.9 Å². The second-order valence-corrected chi connectivity index (χ2v) is 4.46. The average molecular weight is 247 g/mol. The number of aliphatic hydroxyl groups is 2. The fourth-order valence-corrected chi connectivity index (χ4v) is 1.56. The molecule has 0 aliphatic carbocycles. The minimum atomic E-state index is -0.741. The highest BCUT2D eigenvalue weighted by Gasteiger charge is 2.05. The third-order valence-electron chi connectivity index (χ3n) is 2.73. The molecule has 1 atom stereocenters. The van der Waals surface area contributed by atoms with Crippen molar-refractivity contribution >= 4 is 0 Å². The molecular weight excluding hydrogens is 218 g/mol. The number of hydrogen-bond donors (Lipinski definition) is 2. The molecule has 0 saturated heterocycles. The molecule has 0 heterocycles. The van der Waals surface area contributed by atoms with E-state index in [-0.39, 0.29) is 13.2 Å². The first kappa shape index (κ1) is 16.8. The van der Waals surface area contributed by atoms with E-state index >= 15 is 0 Å². The lowest BCUT2D eigenvalue weighted by Crippen LogP contribution is -2.31. The lowest BCUT2D eigenvalue weighted by atomic mass is 10.2. The summed E-state index contributed by atoms with van der Waals surface area (Å²) in [5.74, 6) is 0. The van der Waals surface area contributed by atoms with Crippen LogP contribution in [0.1, 0.15) is 39.5 Å². The molecule has 0 fully saturated rings. The van der Waals surface area contributed by atoms with Crippen molar-refractivity contribution in [3.05, 3.63) is 0 Å². The summed E-state index contributed by atoms with van der Waals surface area (Å²) in [4.78, 5) is 2.42. The van der Waals surface area contributed by atoms with E-state index in [1.807, 2.05) is 0 Å². The number of hydrogen-bond acceptors (Lipinski definition) is 4. The van der Waals surface area contributed by atoms with Gasteiger partial charge in [0.15, 0.2) is 0 Å². The third-order valence-corrected chi connectivity index (χ3v) is 2.73. The Kier molecular flexibility index (Phi) is 12.2. The molecule has 0 aliphatic rings. The second-order valence-electron chi connectivity index (χ2n) is 4.46. The van der Waals surface area contributed by atoms with Crippen LogP contribution < -0.4 is 0 Å². The van der Waals surface area contributed by atoms with E-state index in [0.29, 0.717) is 6.61 Å². The Hall–Kier alpha value is -0.160. The van der Waals surface area contributed by atoms with Gasteiger partial charge >= 0.3 is 0 Å². The van der Waals surface area contributed by atoms with Gasteiger partial charge in [0.2, 0.25) is 0 Å². The topological polar surface area (TPSA) is 52.9 Å². The SMILES string of the molecule is CCCCN(CCCC)CCOCC(O)CO. The molecule has 104 valence electrons. The Morgan fingerprint density at radius 1 is 1.06 bits per heavy atom. The van der Waals surface area contributed by atoms with Gasteiger partial charge < -0.3 is 19.8 Å². The minimum Gasteiger partial charge on any atom is -0.394 e. The molecule has 0 radical (unpaired) electrons. The van der Waals surface area contributed by atoms with Crippen molar-refractivity contribution in [3.63, 3.8) is 0 Å². The zero-order valence-corrected chi connectivity index (χ0v) is 11.4. The van der Waals surface area contributed by atoms with Crippen LogP contribution in [0, 0.1) is 0 Å². The summed E-state index contributed by atoms with van der Waals surface area (Å²) in [6.07, 6.45) is 4.14. The predicted octanol–water partition coefficient (Wildman–Crippen LogP) is 1.26. The van der Waals surface area contributed by atoms with Crippen molar-refractivity contribution in [2.75, 3.05) is 39.5 Å². The minimum absolute atomic E-state index is 0.227. The fourth-order valence-electron chi connectivity index (χ4n) is 1.56. The standard InChI is InChI=1S/C13H29NO3/c1-3-5-7-14(8-6-4-2)9-10-17-12-13(16)11-15/h13,15-16H,3-12H2,1-2H3. The molecular formula is C13H29NO3. The van der Waals surface area contributed by atoms with Gasteiger partial charge in [-0.25, -0.2) is 0 Å². The van der Waals surface area contributed by atoms with Crippen LogP contribution in [0.2, 0.25) is 0 Å². The van der Waals surface area contributed by atoms with Crippen molar-refractivity contribution in [1.29, 1.82) is 0 Å². The number of unbranched alkanes of at least 4 members (excludes halogenated alkanes) is 2. The zero-order chi connectivity index (χ0) is 12.9. The Labute approximate surface area is 106 Å². The summed E-state index contributed by atoms with van der Waals surface area (Å²) in [7, 11) is 0. The molecule has 0 spiro atoms. The smallest absolute Gasteiger partial charge is 0.100 e. The zero-order valence-electron chi connectivity index (χ0n) is 11.4. The molecule has 4 heteroatoms. The van der Waals surface area contributed by atoms with Gasteiger partial charge in [-0.15, -0.1) is 0 Å². The highest BCUT2D eigenvalue weighted by molar-refractivity contribution is 4.58. The van der Waals surface area contributed by atoms with Gasteiger partial charge in [-0.05, 0) is 25.9 Å². The van der Waals surface area contributed by atoms with Crippen molar-refractivity contribution in [1.82, 2.24) is 4.90 Å². The summed E-state index contributed by atoms with van der Waals surface area (Å²) >= 11 is 0. The van der Waals surface area contributed by atoms with Gasteiger partial charge in [0.1, 0.15) is 6.10 Å². The predicted molar refractivity (Wildman–Crippen MR) is 70.2 cm³/mol. The third kappa shape index (κ3) is 10.7. The number of aliphatic hydroxyl groups excluding tert-OH is 2. The Morgan fingerprint density at radius 3 is 2.12 bits per heavy atom. The maximum Gasteiger partial charge on any atom is 0.100 e. The largest absolute Gasteiger partial charge is 0.394 e. The summed E-state index contributed by atoms with van der Waals surface area (Å²) in [5.41, 5.74) is 0. The van der Waals surface area contributed by atoms with E-state index in [2.05, 4.69) is 18.7 Å². The van der Waals surface area contributed by atoms with Crippen LogP contribution in [-0.2, 0) is 4.74 Å². The maximum atomic E-state index is 9.12. The first-order chi connectivity index (χ1) is 8.24. The monoisotopic (exact) mass is 247 g/mol. The molecule has 17 heavy (non-hydrogen) atoms. The molecule has 0 aromatic carbocycles. The van der Waals surface area contributed by atoms with Crippen LogP contribution in [0.25, 0.3) is 0 Å². The number of ether oxygens (including phenoxy) is 1. The van der Waals surface area contributed by atoms with Gasteiger partial charge in [-0.1, -0.05) is 26.7 Å². The molecule has 0 amide bonds. The van der Waals surface area contributed by atoms with Crippen LogP contribution in [0.15, 0.2) is 0 Å². The summed E-state index contributed by atoms with van der Waals surface area (Å²) < 4.78 is 5.33. The molecule has 0 aliphatic heterocycles. The first-order valence-electron chi connectivity index (χ1n) is 6.83. The molecule has 2 N–H and O–H groups in total. The lowest BCUT2D eigenvalue weighted by molar-refractivity contribution is 0.000261. The molecule has 0 bridgehead atoms. The van der Waals surface area contributed by atoms with Crippen LogP contribution in [0.3, 0.4) is 0 Å². The van der Waals surface area contributed by atoms with E-state index in [1.54, 1.807) is 0 Å². The van der Waals surface area contributed by atoms with Gasteiger partial charge in [0.05, 0.1) is 19.8 Å². The molecule has 0 aromatic heterocycles. The van der Waals surface area contributed by atoms with E-state index < -0.39 is 6.10 Å². The Bertz CT molecular complexity index is 148. The highest BCUT2D eigenvalue weighted by atomic mass is 16.5. The summed E-state index contributed by atoms with van der Waals surface area (Å²) in [6, 6.07) is 0. The summed E-state index contributed by atoms with van der Waals surface area (Å²) in [5, 5.41) is 17.8. The molecule has 0 saturated carbocycles. The van der Waals surface area contributed by atoms with Crippen molar-refractivity contribution in [2.45, 2.75) is 45.6 Å². The van der Waals surface area contributed by atoms with Gasteiger partial charge in [0.25, 0.3) is 0 Å². The van der Waals surface area contributed by atoms with Crippen molar-refractivity contribution in [2.24, 2.45) is 0 Å². The Balaban J connectivity index is 3.59. The van der Waals surface area contributed by atoms with Crippen LogP contribution in [0.4, 0.5) is 0 Å². The van der Waals surface area contributed by atoms with Crippen LogP contribution in [-0.4, -0.2) is 60.7 Å². The average Bonchev–Trinajstić information content (AvgIpc) is 2.36. The molecule has 0 aromatic rings. The van der Waals surface area contributed by atoms with Gasteiger partial charge in [0, 0.05) is 6.54 Å². The molecule has 1 unspecified atom stereocenters. The van der Waals surface area contributed by atoms with Crippen molar-refractivity contribution < 1.29 is 14.9 Å². The number of nitrogens with zero attached hydrogens (tertiary/aromatic N) is 1. The fraction of sp³-hybridized carbons (Fsp3) is 1.00. The van der Waals surface area contributed by atoms with Gasteiger partial charge in [-0.3, -0.25) is 0 Å². The normalized spacial score (nSPS) is 13.2. The summed E-state index contributed by atoms with van der Waals surface area (Å²) in [6.45, 7) is 8.20. The van der Waals surface area contributed by atoms with E-state index in [9.17, 15) is 0 Å². The maximum absolute atomic E-state index is 9.12. The van der Waals surface area contributed by atoms with E-state index in [0.717, 1.165) is 19.6 Å². The quantitative estimate of drug-likeness (QED) is 0.510. The van der Waals surface area contributed by atoms with Crippen LogP contribution >= 0.6 is 0 Å². The highest BCUT2D eigenvalue weighted by Crippen LogP contribution is 1.99. The van der Waals surface area contributed by atoms with E-state index in [1.165, 1.54) is 25.7 Å². The lowest BCUT2D eigenvalue weighted by Gasteiger charge is -2.22. The first-order valence-corrected chi connectivity index (χ1v) is 6.83. The van der Waals surface area contributed by atoms with Crippen molar-refractivity contribution in [3.8, 4) is 0 Å². The number of rotatable bonds is 12.